The third-order valence-electron chi connectivity index (χ3n) is 1.20. The SMILES string of the molecule is C=C(Cl)C[n+]1cccc(O)c1.[Cl-]. The summed E-state index contributed by atoms with van der Waals surface area (Å²) in [7, 11) is 0. The van der Waals surface area contributed by atoms with Gasteiger partial charge in [-0.15, -0.1) is 0 Å². The molecule has 0 atom stereocenters. The van der Waals surface area contributed by atoms with Crippen LogP contribution in [0, 0.1) is 0 Å². The highest BCUT2D eigenvalue weighted by Crippen LogP contribution is 2.02. The summed E-state index contributed by atoms with van der Waals surface area (Å²) in [6.07, 6.45) is 3.40. The monoisotopic (exact) mass is 205 g/mol. The van der Waals surface area contributed by atoms with Crippen molar-refractivity contribution in [1.82, 2.24) is 0 Å². The van der Waals surface area contributed by atoms with Gasteiger partial charge < -0.3 is 17.5 Å². The molecule has 0 saturated heterocycles. The van der Waals surface area contributed by atoms with E-state index in [0.717, 1.165) is 0 Å². The lowest BCUT2D eigenvalue weighted by Crippen LogP contribution is -3.00. The largest absolute Gasteiger partial charge is 1.00 e. The Labute approximate surface area is 82.5 Å². The summed E-state index contributed by atoms with van der Waals surface area (Å²) in [5.74, 6) is 0.227. The fourth-order valence-electron chi connectivity index (χ4n) is 0.805. The second-order valence-corrected chi connectivity index (χ2v) is 2.79. The summed E-state index contributed by atoms with van der Waals surface area (Å²) in [5, 5.41) is 9.57. The van der Waals surface area contributed by atoms with E-state index in [4.69, 9.17) is 16.7 Å². The molecule has 1 N–H and O–H groups in total. The number of aromatic hydroxyl groups is 1. The minimum absolute atomic E-state index is 0. The molecule has 0 amide bonds. The second-order valence-electron chi connectivity index (χ2n) is 2.25. The van der Waals surface area contributed by atoms with Crippen LogP contribution in [-0.4, -0.2) is 5.11 Å². The molecule has 0 aliphatic rings. The van der Waals surface area contributed by atoms with Gasteiger partial charge in [-0.05, 0) is 6.07 Å². The summed E-state index contributed by atoms with van der Waals surface area (Å²) in [4.78, 5) is 0. The van der Waals surface area contributed by atoms with Gasteiger partial charge >= 0.3 is 0 Å². The maximum Gasteiger partial charge on any atom is 0.211 e. The van der Waals surface area contributed by atoms with E-state index in [9.17, 15) is 0 Å². The highest BCUT2D eigenvalue weighted by Gasteiger charge is 2.01. The van der Waals surface area contributed by atoms with Gasteiger partial charge in [-0.3, -0.25) is 0 Å². The zero-order valence-electron chi connectivity index (χ0n) is 6.37. The quantitative estimate of drug-likeness (QED) is 0.581. The summed E-state index contributed by atoms with van der Waals surface area (Å²) in [6, 6.07) is 3.35. The fraction of sp³-hybridized carbons (Fsp3) is 0.125. The average molecular weight is 206 g/mol. The molecule has 1 aromatic heterocycles. The molecule has 12 heavy (non-hydrogen) atoms. The van der Waals surface area contributed by atoms with Crippen molar-refractivity contribution >= 4 is 11.6 Å². The van der Waals surface area contributed by atoms with Gasteiger partial charge in [-0.25, -0.2) is 0 Å². The predicted octanol–water partition coefficient (Wildman–Crippen LogP) is -1.56. The van der Waals surface area contributed by atoms with E-state index in [1.54, 1.807) is 22.9 Å². The van der Waals surface area contributed by atoms with Crippen molar-refractivity contribution in [3.63, 3.8) is 0 Å². The molecule has 0 fully saturated rings. The molecule has 0 aliphatic carbocycles. The van der Waals surface area contributed by atoms with Crippen LogP contribution in [0.15, 0.2) is 36.1 Å². The first kappa shape index (κ1) is 11.3. The van der Waals surface area contributed by atoms with Crippen molar-refractivity contribution in [1.29, 1.82) is 0 Å². The first-order chi connectivity index (χ1) is 5.18. The van der Waals surface area contributed by atoms with Gasteiger partial charge in [-0.1, -0.05) is 18.2 Å². The smallest absolute Gasteiger partial charge is 0.211 e. The van der Waals surface area contributed by atoms with Crippen LogP contribution in [0.1, 0.15) is 0 Å². The molecule has 0 aromatic carbocycles. The van der Waals surface area contributed by atoms with Gasteiger partial charge in [0.2, 0.25) is 6.20 Å². The number of rotatable bonds is 2. The van der Waals surface area contributed by atoms with Gasteiger partial charge in [0, 0.05) is 6.07 Å². The number of pyridine rings is 1. The molecular formula is C8H9Cl2NO. The minimum Gasteiger partial charge on any atom is -1.00 e. The Balaban J connectivity index is 0.00000121. The molecule has 4 heteroatoms. The highest BCUT2D eigenvalue weighted by molar-refractivity contribution is 6.29. The van der Waals surface area contributed by atoms with Crippen LogP contribution in [0.3, 0.4) is 0 Å². The Bertz CT molecular complexity index is 276. The van der Waals surface area contributed by atoms with Crippen LogP contribution in [-0.2, 0) is 6.54 Å². The third-order valence-corrected chi connectivity index (χ3v) is 1.32. The Kier molecular flexibility index (Phi) is 4.71. The van der Waals surface area contributed by atoms with Crippen LogP contribution in [0.25, 0.3) is 0 Å². The molecule has 0 spiro atoms. The highest BCUT2D eigenvalue weighted by atomic mass is 35.5. The van der Waals surface area contributed by atoms with Gasteiger partial charge in [0.1, 0.15) is 0 Å². The maximum atomic E-state index is 9.03. The number of hydrogen-bond acceptors (Lipinski definition) is 1. The Morgan fingerprint density at radius 3 is 2.83 bits per heavy atom. The van der Waals surface area contributed by atoms with E-state index < -0.39 is 0 Å². The molecule has 0 aliphatic heterocycles. The van der Waals surface area contributed by atoms with Crippen LogP contribution >= 0.6 is 11.6 Å². The predicted molar refractivity (Wildman–Crippen MR) is 43.3 cm³/mol. The van der Waals surface area contributed by atoms with E-state index in [0.29, 0.717) is 11.6 Å². The van der Waals surface area contributed by atoms with Crippen molar-refractivity contribution in [3.05, 3.63) is 36.1 Å². The van der Waals surface area contributed by atoms with E-state index in [1.807, 2.05) is 6.20 Å². The summed E-state index contributed by atoms with van der Waals surface area (Å²) < 4.78 is 1.75. The topological polar surface area (TPSA) is 24.1 Å². The normalized spacial score (nSPS) is 8.75. The standard InChI is InChI=1S/C8H8ClNO.ClH/c1-7(9)5-10-4-2-3-8(11)6-10;/h2-4,6H,1,5H2;1H. The number of nitrogens with zero attached hydrogens (tertiary/aromatic N) is 1. The lowest BCUT2D eigenvalue weighted by Gasteiger charge is -1.93. The molecule has 0 bridgehead atoms. The van der Waals surface area contributed by atoms with Crippen molar-refractivity contribution in [2.45, 2.75) is 6.54 Å². The molecule has 1 heterocycles. The molecular weight excluding hydrogens is 197 g/mol. The lowest BCUT2D eigenvalue weighted by atomic mass is 10.4. The Morgan fingerprint density at radius 1 is 1.67 bits per heavy atom. The Morgan fingerprint density at radius 2 is 2.33 bits per heavy atom. The number of allylic oxidation sites excluding steroid dienone is 1. The molecule has 0 radical (unpaired) electrons. The molecule has 66 valence electrons. The van der Waals surface area contributed by atoms with Gasteiger partial charge in [0.05, 0.1) is 5.03 Å². The molecule has 1 aromatic rings. The lowest BCUT2D eigenvalue weighted by molar-refractivity contribution is -0.688. The van der Waals surface area contributed by atoms with Gasteiger partial charge in [-0.2, -0.15) is 4.57 Å². The van der Waals surface area contributed by atoms with Crippen molar-refractivity contribution in [2.75, 3.05) is 0 Å². The zero-order chi connectivity index (χ0) is 8.27. The summed E-state index contributed by atoms with van der Waals surface area (Å²) >= 11 is 5.57. The van der Waals surface area contributed by atoms with Crippen LogP contribution in [0.5, 0.6) is 5.75 Å². The average Bonchev–Trinajstić information content (AvgIpc) is 1.85. The molecule has 1 rings (SSSR count). The van der Waals surface area contributed by atoms with E-state index in [2.05, 4.69) is 6.58 Å². The number of aromatic nitrogens is 1. The molecule has 0 unspecified atom stereocenters. The van der Waals surface area contributed by atoms with Gasteiger partial charge in [0.15, 0.2) is 18.5 Å². The summed E-state index contributed by atoms with van der Waals surface area (Å²) in [6.45, 7) is 4.07. The number of halogens is 2. The molecule has 2 nitrogen and oxygen atoms in total. The van der Waals surface area contributed by atoms with E-state index in [-0.39, 0.29) is 18.2 Å². The van der Waals surface area contributed by atoms with Crippen molar-refractivity contribution < 1.29 is 22.1 Å². The van der Waals surface area contributed by atoms with Crippen LogP contribution in [0.4, 0.5) is 0 Å². The number of hydrogen-bond donors (Lipinski definition) is 1. The van der Waals surface area contributed by atoms with Crippen LogP contribution < -0.4 is 17.0 Å². The zero-order valence-corrected chi connectivity index (χ0v) is 7.89. The van der Waals surface area contributed by atoms with Crippen molar-refractivity contribution in [3.8, 4) is 5.75 Å². The van der Waals surface area contributed by atoms with E-state index in [1.165, 1.54) is 0 Å². The van der Waals surface area contributed by atoms with Crippen molar-refractivity contribution in [2.24, 2.45) is 0 Å². The molecule has 0 saturated carbocycles. The fourth-order valence-corrected chi connectivity index (χ4v) is 0.943. The first-order valence-corrected chi connectivity index (χ1v) is 3.57. The van der Waals surface area contributed by atoms with Crippen LogP contribution in [0.2, 0.25) is 0 Å². The van der Waals surface area contributed by atoms with Gasteiger partial charge in [0.25, 0.3) is 0 Å². The van der Waals surface area contributed by atoms with E-state index >= 15 is 0 Å². The summed E-state index contributed by atoms with van der Waals surface area (Å²) in [5.41, 5.74) is 0. The third kappa shape index (κ3) is 3.60. The second kappa shape index (κ2) is 5.01. The minimum atomic E-state index is 0. The Hall–Kier alpha value is -0.730. The first-order valence-electron chi connectivity index (χ1n) is 3.20. The maximum absolute atomic E-state index is 9.03.